The summed E-state index contributed by atoms with van der Waals surface area (Å²) in [4.78, 5) is 7.08. The van der Waals surface area contributed by atoms with Gasteiger partial charge in [0.2, 0.25) is 0 Å². The van der Waals surface area contributed by atoms with Crippen LogP contribution in [-0.4, -0.2) is 22.7 Å². The first-order valence-electron chi connectivity index (χ1n) is 7.97. The Balaban J connectivity index is 2.52. The van der Waals surface area contributed by atoms with Crippen molar-refractivity contribution >= 4 is 16.6 Å². The van der Waals surface area contributed by atoms with Gasteiger partial charge in [-0.15, -0.1) is 0 Å². The highest BCUT2D eigenvalue weighted by molar-refractivity contribution is 5.94. The van der Waals surface area contributed by atoms with E-state index in [1.165, 1.54) is 12.8 Å². The topological polar surface area (TPSA) is 36.4 Å². The van der Waals surface area contributed by atoms with Crippen LogP contribution in [0.3, 0.4) is 0 Å². The van der Waals surface area contributed by atoms with Crippen LogP contribution in [0.25, 0.3) is 10.8 Å². The number of unbranched alkanes of at least 4 members (excludes halogenated alkanes) is 1. The Hall–Kier alpha value is -1.61. The molecule has 114 valence electrons. The first kappa shape index (κ1) is 15.8. The number of aliphatic hydroxyl groups excluding tert-OH is 1. The third-order valence-electron chi connectivity index (χ3n) is 4.17. The molecule has 0 saturated carbocycles. The van der Waals surface area contributed by atoms with E-state index in [1.54, 1.807) is 0 Å². The van der Waals surface area contributed by atoms with Crippen LogP contribution in [0.4, 0.5) is 5.82 Å². The standard InChI is InChI=1S/C18H26N2O/c1-4-6-11-20(14(3)5-2)18-17-10-8-7-9-16(17)15(13-21)12-19-18/h7-10,12,14,21H,4-6,11,13H2,1-3H3. The highest BCUT2D eigenvalue weighted by atomic mass is 16.3. The van der Waals surface area contributed by atoms with Crippen molar-refractivity contribution in [2.75, 3.05) is 11.4 Å². The molecule has 2 aromatic rings. The highest BCUT2D eigenvalue weighted by Gasteiger charge is 2.17. The van der Waals surface area contributed by atoms with Gasteiger partial charge in [-0.3, -0.25) is 0 Å². The van der Waals surface area contributed by atoms with Gasteiger partial charge >= 0.3 is 0 Å². The molecule has 2 rings (SSSR count). The molecule has 0 aliphatic carbocycles. The first-order chi connectivity index (χ1) is 10.2. The van der Waals surface area contributed by atoms with Gasteiger partial charge in [0.05, 0.1) is 6.61 Å². The van der Waals surface area contributed by atoms with E-state index in [2.05, 4.69) is 42.8 Å². The summed E-state index contributed by atoms with van der Waals surface area (Å²) in [6.45, 7) is 7.75. The monoisotopic (exact) mass is 286 g/mol. The molecular formula is C18H26N2O. The van der Waals surface area contributed by atoms with Crippen molar-refractivity contribution in [3.05, 3.63) is 36.0 Å². The summed E-state index contributed by atoms with van der Waals surface area (Å²) in [5, 5.41) is 11.8. The summed E-state index contributed by atoms with van der Waals surface area (Å²) in [5.41, 5.74) is 0.897. The zero-order valence-corrected chi connectivity index (χ0v) is 13.3. The van der Waals surface area contributed by atoms with Gasteiger partial charge in [0, 0.05) is 29.7 Å². The number of aliphatic hydroxyl groups is 1. The summed E-state index contributed by atoms with van der Waals surface area (Å²) in [6, 6.07) is 8.71. The zero-order valence-electron chi connectivity index (χ0n) is 13.3. The van der Waals surface area contributed by atoms with Gasteiger partial charge in [0.1, 0.15) is 5.82 Å². The van der Waals surface area contributed by atoms with Gasteiger partial charge in [0.15, 0.2) is 0 Å². The Morgan fingerprint density at radius 1 is 1.19 bits per heavy atom. The van der Waals surface area contributed by atoms with E-state index in [1.807, 2.05) is 18.3 Å². The largest absolute Gasteiger partial charge is 0.392 e. The van der Waals surface area contributed by atoms with Crippen LogP contribution in [0.15, 0.2) is 30.5 Å². The van der Waals surface area contributed by atoms with Crippen LogP contribution in [-0.2, 0) is 6.61 Å². The van der Waals surface area contributed by atoms with E-state index in [0.29, 0.717) is 6.04 Å². The Bertz CT molecular complexity index is 582. The third kappa shape index (κ3) is 3.35. The molecular weight excluding hydrogens is 260 g/mol. The number of rotatable bonds is 7. The molecule has 0 aliphatic heterocycles. The number of hydrogen-bond acceptors (Lipinski definition) is 3. The summed E-state index contributed by atoms with van der Waals surface area (Å²) in [5.74, 6) is 1.05. The molecule has 0 bridgehead atoms. The average Bonchev–Trinajstić information content (AvgIpc) is 2.54. The molecule has 0 aliphatic rings. The normalized spacial score (nSPS) is 12.6. The van der Waals surface area contributed by atoms with Gasteiger partial charge in [-0.1, -0.05) is 44.5 Å². The summed E-state index contributed by atoms with van der Waals surface area (Å²) in [7, 11) is 0. The van der Waals surface area contributed by atoms with E-state index in [9.17, 15) is 5.11 Å². The minimum Gasteiger partial charge on any atom is -0.392 e. The van der Waals surface area contributed by atoms with Crippen molar-refractivity contribution in [2.24, 2.45) is 0 Å². The Morgan fingerprint density at radius 3 is 2.52 bits per heavy atom. The lowest BCUT2D eigenvalue weighted by Crippen LogP contribution is -2.34. The molecule has 0 spiro atoms. The number of pyridine rings is 1. The Morgan fingerprint density at radius 2 is 1.90 bits per heavy atom. The van der Waals surface area contributed by atoms with Crippen molar-refractivity contribution in [1.29, 1.82) is 0 Å². The molecule has 3 nitrogen and oxygen atoms in total. The van der Waals surface area contributed by atoms with Crippen LogP contribution < -0.4 is 4.90 Å². The number of hydrogen-bond donors (Lipinski definition) is 1. The molecule has 1 N–H and O–H groups in total. The smallest absolute Gasteiger partial charge is 0.136 e. The molecule has 0 radical (unpaired) electrons. The number of aromatic nitrogens is 1. The van der Waals surface area contributed by atoms with Crippen molar-refractivity contribution in [1.82, 2.24) is 4.98 Å². The quantitative estimate of drug-likeness (QED) is 0.831. The van der Waals surface area contributed by atoms with E-state index in [4.69, 9.17) is 0 Å². The second-order valence-corrected chi connectivity index (χ2v) is 5.61. The van der Waals surface area contributed by atoms with E-state index in [-0.39, 0.29) is 6.61 Å². The molecule has 0 amide bonds. The predicted molar refractivity (Wildman–Crippen MR) is 89.7 cm³/mol. The lowest BCUT2D eigenvalue weighted by Gasteiger charge is -2.31. The minimum absolute atomic E-state index is 0.0338. The average molecular weight is 286 g/mol. The van der Waals surface area contributed by atoms with Crippen LogP contribution in [0.2, 0.25) is 0 Å². The first-order valence-corrected chi connectivity index (χ1v) is 7.97. The summed E-state index contributed by atoms with van der Waals surface area (Å²) >= 11 is 0. The molecule has 0 saturated heterocycles. The van der Waals surface area contributed by atoms with E-state index < -0.39 is 0 Å². The van der Waals surface area contributed by atoms with Crippen LogP contribution in [0, 0.1) is 0 Å². The number of benzene rings is 1. The van der Waals surface area contributed by atoms with Gasteiger partial charge in [-0.25, -0.2) is 4.98 Å². The maximum absolute atomic E-state index is 9.51. The fraction of sp³-hybridized carbons (Fsp3) is 0.500. The van der Waals surface area contributed by atoms with Crippen LogP contribution >= 0.6 is 0 Å². The van der Waals surface area contributed by atoms with Crippen molar-refractivity contribution in [2.45, 2.75) is 52.7 Å². The van der Waals surface area contributed by atoms with Gasteiger partial charge in [-0.05, 0) is 25.2 Å². The Labute approximate surface area is 127 Å². The molecule has 1 unspecified atom stereocenters. The van der Waals surface area contributed by atoms with Crippen LogP contribution in [0.1, 0.15) is 45.6 Å². The van der Waals surface area contributed by atoms with E-state index in [0.717, 1.165) is 35.1 Å². The molecule has 3 heteroatoms. The number of anilines is 1. The number of fused-ring (bicyclic) bond motifs is 1. The maximum atomic E-state index is 9.51. The van der Waals surface area contributed by atoms with Gasteiger partial charge in [-0.2, -0.15) is 0 Å². The maximum Gasteiger partial charge on any atom is 0.136 e. The van der Waals surface area contributed by atoms with E-state index >= 15 is 0 Å². The molecule has 0 fully saturated rings. The lowest BCUT2D eigenvalue weighted by molar-refractivity contribution is 0.283. The van der Waals surface area contributed by atoms with Gasteiger partial charge < -0.3 is 10.0 Å². The molecule has 1 aromatic heterocycles. The Kier molecular flexibility index (Phi) is 5.57. The molecule has 1 atom stereocenters. The fourth-order valence-electron chi connectivity index (χ4n) is 2.68. The van der Waals surface area contributed by atoms with Crippen LogP contribution in [0.5, 0.6) is 0 Å². The fourth-order valence-corrected chi connectivity index (χ4v) is 2.68. The third-order valence-corrected chi connectivity index (χ3v) is 4.17. The summed E-state index contributed by atoms with van der Waals surface area (Å²) in [6.07, 6.45) is 5.27. The van der Waals surface area contributed by atoms with Crippen molar-refractivity contribution < 1.29 is 5.11 Å². The van der Waals surface area contributed by atoms with Gasteiger partial charge in [0.25, 0.3) is 0 Å². The second kappa shape index (κ2) is 7.41. The minimum atomic E-state index is 0.0338. The van der Waals surface area contributed by atoms with Crippen molar-refractivity contribution in [3.63, 3.8) is 0 Å². The molecule has 1 aromatic carbocycles. The molecule has 1 heterocycles. The SMILES string of the molecule is CCCCN(c1ncc(CO)c2ccccc12)C(C)CC. The lowest BCUT2D eigenvalue weighted by atomic mass is 10.1. The summed E-state index contributed by atoms with van der Waals surface area (Å²) < 4.78 is 0. The molecule has 21 heavy (non-hydrogen) atoms. The zero-order chi connectivity index (χ0) is 15.2. The number of nitrogens with zero attached hydrogens (tertiary/aromatic N) is 2. The second-order valence-electron chi connectivity index (χ2n) is 5.61. The predicted octanol–water partition coefficient (Wildman–Crippen LogP) is 4.13. The highest BCUT2D eigenvalue weighted by Crippen LogP contribution is 2.29. The van der Waals surface area contributed by atoms with Crippen molar-refractivity contribution in [3.8, 4) is 0 Å².